The van der Waals surface area contributed by atoms with E-state index in [1.165, 1.54) is 58.4 Å². The summed E-state index contributed by atoms with van der Waals surface area (Å²) in [7, 11) is 3.06. The Morgan fingerprint density at radius 2 is 1.72 bits per heavy atom. The number of quaternary nitrogens is 1. The number of carbonyl (C=O) groups is 2. The van der Waals surface area contributed by atoms with E-state index in [0.717, 1.165) is 5.56 Å². The van der Waals surface area contributed by atoms with Gasteiger partial charge in [-0.3, -0.25) is 4.79 Å². The zero-order valence-electron chi connectivity index (χ0n) is 16.6. The molecule has 0 spiro atoms. The molecule has 1 aliphatic rings. The molecular weight excluding hydrogens is 372 g/mol. The number of rotatable bonds is 6. The number of ether oxygens (including phenoxy) is 2. The van der Waals surface area contributed by atoms with Gasteiger partial charge in [0.2, 0.25) is 5.91 Å². The fraction of sp³-hybridized carbons (Fsp3) is 0.273. The molecule has 1 fully saturated rings. The molecule has 2 aromatic carbocycles. The van der Waals surface area contributed by atoms with Gasteiger partial charge >= 0.3 is 0 Å². The number of nitrogens with two attached hydrogens (primary N) is 1. The first-order valence-corrected chi connectivity index (χ1v) is 9.38. The van der Waals surface area contributed by atoms with Crippen molar-refractivity contribution in [3.63, 3.8) is 0 Å². The SMILES string of the molecule is C1CC[NH2+]C1.COc1ccc(C=CC(=O)Nc2ccccc2C(=O)[O-])cc1OC. The number of amides is 1. The van der Waals surface area contributed by atoms with Crippen molar-refractivity contribution in [1.29, 1.82) is 0 Å². The van der Waals surface area contributed by atoms with Crippen LogP contribution in [0.5, 0.6) is 11.5 Å². The first kappa shape index (κ1) is 22.0. The Balaban J connectivity index is 0.000000521. The van der Waals surface area contributed by atoms with Crippen LogP contribution in [0.4, 0.5) is 5.69 Å². The number of carboxylic acids is 1. The molecule has 0 unspecified atom stereocenters. The van der Waals surface area contributed by atoms with Gasteiger partial charge in [-0.2, -0.15) is 0 Å². The fourth-order valence-corrected chi connectivity index (χ4v) is 2.79. The molecule has 0 aliphatic carbocycles. The molecule has 0 bridgehead atoms. The summed E-state index contributed by atoms with van der Waals surface area (Å²) in [5.74, 6) is -0.683. The van der Waals surface area contributed by atoms with Gasteiger partial charge < -0.3 is 30.0 Å². The minimum Gasteiger partial charge on any atom is -0.545 e. The monoisotopic (exact) mass is 398 g/mol. The smallest absolute Gasteiger partial charge is 0.248 e. The molecule has 0 atom stereocenters. The zero-order valence-corrected chi connectivity index (χ0v) is 16.6. The lowest BCUT2D eigenvalue weighted by molar-refractivity contribution is -0.635. The molecule has 3 N–H and O–H groups in total. The van der Waals surface area contributed by atoms with Crippen molar-refractivity contribution < 1.29 is 29.5 Å². The van der Waals surface area contributed by atoms with Gasteiger partial charge in [-0.15, -0.1) is 0 Å². The molecule has 7 nitrogen and oxygen atoms in total. The Morgan fingerprint density at radius 3 is 2.31 bits per heavy atom. The van der Waals surface area contributed by atoms with Crippen LogP contribution in [0.2, 0.25) is 0 Å². The lowest BCUT2D eigenvalue weighted by Gasteiger charge is -2.10. The highest BCUT2D eigenvalue weighted by atomic mass is 16.5. The van der Waals surface area contributed by atoms with Crippen molar-refractivity contribution in [2.24, 2.45) is 0 Å². The van der Waals surface area contributed by atoms with Crippen LogP contribution in [0.3, 0.4) is 0 Å². The number of carbonyl (C=O) groups excluding carboxylic acids is 2. The zero-order chi connectivity index (χ0) is 21.1. The van der Waals surface area contributed by atoms with Crippen molar-refractivity contribution >= 4 is 23.6 Å². The largest absolute Gasteiger partial charge is 0.545 e. The van der Waals surface area contributed by atoms with Gasteiger partial charge in [0.1, 0.15) is 0 Å². The van der Waals surface area contributed by atoms with Crippen molar-refractivity contribution in [2.75, 3.05) is 32.6 Å². The third-order valence-electron chi connectivity index (χ3n) is 4.31. The lowest BCUT2D eigenvalue weighted by atomic mass is 10.1. The highest BCUT2D eigenvalue weighted by Gasteiger charge is 2.06. The number of anilines is 1. The van der Waals surface area contributed by atoms with Crippen molar-refractivity contribution in [3.8, 4) is 11.5 Å². The van der Waals surface area contributed by atoms with Gasteiger partial charge in [0, 0.05) is 24.5 Å². The Morgan fingerprint density at radius 1 is 1.03 bits per heavy atom. The topological polar surface area (TPSA) is 104 Å². The lowest BCUT2D eigenvalue weighted by Crippen LogP contribution is -2.80. The molecule has 7 heteroatoms. The van der Waals surface area contributed by atoms with Crippen LogP contribution in [0.1, 0.15) is 28.8 Å². The predicted octanol–water partition coefficient (Wildman–Crippen LogP) is 1.06. The van der Waals surface area contributed by atoms with E-state index in [9.17, 15) is 14.7 Å². The summed E-state index contributed by atoms with van der Waals surface area (Å²) in [4.78, 5) is 23.0. The summed E-state index contributed by atoms with van der Waals surface area (Å²) >= 11 is 0. The summed E-state index contributed by atoms with van der Waals surface area (Å²) < 4.78 is 10.3. The number of nitrogens with one attached hydrogen (secondary N) is 1. The van der Waals surface area contributed by atoms with Gasteiger partial charge in [-0.05, 0) is 29.8 Å². The molecular formula is C22H26N2O5. The molecule has 1 heterocycles. The summed E-state index contributed by atoms with van der Waals surface area (Å²) in [5, 5.41) is 15.9. The van der Waals surface area contributed by atoms with Gasteiger partial charge in [-0.1, -0.05) is 24.3 Å². The summed E-state index contributed by atoms with van der Waals surface area (Å²) in [6.45, 7) is 2.75. The van der Waals surface area contributed by atoms with E-state index in [1.807, 2.05) is 0 Å². The summed E-state index contributed by atoms with van der Waals surface area (Å²) in [6, 6.07) is 11.2. The summed E-state index contributed by atoms with van der Waals surface area (Å²) in [6.07, 6.45) is 5.77. The quantitative estimate of drug-likeness (QED) is 0.708. The highest BCUT2D eigenvalue weighted by molar-refractivity contribution is 6.05. The molecule has 154 valence electrons. The van der Waals surface area contributed by atoms with E-state index in [0.29, 0.717) is 11.5 Å². The second-order valence-electron chi connectivity index (χ2n) is 6.34. The molecule has 1 aliphatic heterocycles. The van der Waals surface area contributed by atoms with Crippen LogP contribution in [-0.2, 0) is 4.79 Å². The Labute approximate surface area is 170 Å². The van der Waals surface area contributed by atoms with E-state index in [4.69, 9.17) is 9.47 Å². The van der Waals surface area contributed by atoms with E-state index in [2.05, 4.69) is 10.6 Å². The second-order valence-corrected chi connectivity index (χ2v) is 6.34. The molecule has 29 heavy (non-hydrogen) atoms. The Hall–Kier alpha value is -3.32. The molecule has 3 rings (SSSR count). The maximum Gasteiger partial charge on any atom is 0.248 e. The predicted molar refractivity (Wildman–Crippen MR) is 109 cm³/mol. The third-order valence-corrected chi connectivity index (χ3v) is 4.31. The molecule has 1 saturated heterocycles. The van der Waals surface area contributed by atoms with Gasteiger partial charge in [0.15, 0.2) is 11.5 Å². The van der Waals surface area contributed by atoms with Gasteiger partial charge in [-0.25, -0.2) is 0 Å². The van der Waals surface area contributed by atoms with Crippen molar-refractivity contribution in [2.45, 2.75) is 12.8 Å². The van der Waals surface area contributed by atoms with E-state index in [-0.39, 0.29) is 11.3 Å². The second kappa shape index (κ2) is 11.5. The van der Waals surface area contributed by atoms with Crippen LogP contribution < -0.4 is 25.2 Å². The number of aromatic carboxylic acids is 1. The Kier molecular flexibility index (Phi) is 8.72. The van der Waals surface area contributed by atoms with Crippen LogP contribution in [-0.4, -0.2) is 39.2 Å². The minimum atomic E-state index is -1.35. The number of hydrogen-bond donors (Lipinski definition) is 2. The van der Waals surface area contributed by atoms with Gasteiger partial charge in [0.05, 0.1) is 39.0 Å². The van der Waals surface area contributed by atoms with Crippen molar-refractivity contribution in [3.05, 3.63) is 59.7 Å². The maximum atomic E-state index is 12.0. The minimum absolute atomic E-state index is 0.0784. The molecule has 0 aromatic heterocycles. The number of methoxy groups -OCH3 is 2. The maximum absolute atomic E-state index is 12.0. The van der Waals surface area contributed by atoms with E-state index < -0.39 is 11.9 Å². The first-order chi connectivity index (χ1) is 14.0. The fourth-order valence-electron chi connectivity index (χ4n) is 2.79. The third kappa shape index (κ3) is 6.97. The molecule has 1 amide bonds. The average Bonchev–Trinajstić information content (AvgIpc) is 3.32. The van der Waals surface area contributed by atoms with Crippen LogP contribution in [0, 0.1) is 0 Å². The van der Waals surface area contributed by atoms with Gasteiger partial charge in [0.25, 0.3) is 0 Å². The first-order valence-electron chi connectivity index (χ1n) is 9.38. The Bertz CT molecular complexity index is 852. The normalized spacial score (nSPS) is 12.8. The number of benzene rings is 2. The number of carboxylic acid groups (broad SMARTS) is 1. The summed E-state index contributed by atoms with van der Waals surface area (Å²) in [5.41, 5.74) is 0.834. The van der Waals surface area contributed by atoms with Crippen LogP contribution >= 0.6 is 0 Å². The van der Waals surface area contributed by atoms with Crippen molar-refractivity contribution in [1.82, 2.24) is 0 Å². The molecule has 0 saturated carbocycles. The average molecular weight is 398 g/mol. The van der Waals surface area contributed by atoms with E-state index in [1.54, 1.807) is 36.4 Å². The van der Waals surface area contributed by atoms with Crippen LogP contribution in [0.25, 0.3) is 6.08 Å². The highest BCUT2D eigenvalue weighted by Crippen LogP contribution is 2.28. The van der Waals surface area contributed by atoms with Crippen LogP contribution in [0.15, 0.2) is 48.5 Å². The number of hydrogen-bond acceptors (Lipinski definition) is 5. The molecule has 2 aromatic rings. The number of para-hydroxylation sites is 1. The molecule has 0 radical (unpaired) electrons. The standard InChI is InChI=1S/C18H17NO5.C4H9N/c1-23-15-9-7-12(11-16(15)24-2)8-10-17(20)19-14-6-4-3-5-13(14)18(21)22;1-2-4-5-3-1/h3-11H,1-2H3,(H,19,20)(H,21,22);5H,1-4H2. The van der Waals surface area contributed by atoms with E-state index >= 15 is 0 Å².